The minimum absolute atomic E-state index is 0.452. The zero-order chi connectivity index (χ0) is 12.3. The maximum Gasteiger partial charge on any atom is 0.106 e. The lowest BCUT2D eigenvalue weighted by Gasteiger charge is -2.21. The molecule has 1 fully saturated rings. The molecule has 0 saturated carbocycles. The third kappa shape index (κ3) is 2.96. The van der Waals surface area contributed by atoms with Crippen LogP contribution in [0.4, 0.5) is 5.69 Å². The van der Waals surface area contributed by atoms with Crippen molar-refractivity contribution in [3.8, 4) is 0 Å². The zero-order valence-corrected chi connectivity index (χ0v) is 11.0. The van der Waals surface area contributed by atoms with Gasteiger partial charge in [-0.25, -0.2) is 0 Å². The van der Waals surface area contributed by atoms with Crippen LogP contribution in [-0.2, 0) is 0 Å². The van der Waals surface area contributed by atoms with Crippen molar-refractivity contribution in [1.29, 1.82) is 0 Å². The molecular weight excluding hydrogens is 230 g/mol. The number of likely N-dealkylation sites (N-methyl/N-ethyl adjacent to an activating group) is 1. The summed E-state index contributed by atoms with van der Waals surface area (Å²) in [6, 6.07) is 8.57. The highest BCUT2D eigenvalue weighted by atomic mass is 32.1. The van der Waals surface area contributed by atoms with E-state index in [2.05, 4.69) is 17.3 Å². The average Bonchev–Trinajstić information content (AvgIpc) is 2.72. The van der Waals surface area contributed by atoms with Gasteiger partial charge < -0.3 is 16.0 Å². The maximum atomic E-state index is 5.71. The second-order valence-corrected chi connectivity index (χ2v) is 5.01. The van der Waals surface area contributed by atoms with E-state index in [0.717, 1.165) is 17.8 Å². The van der Waals surface area contributed by atoms with Crippen molar-refractivity contribution in [2.45, 2.75) is 18.9 Å². The van der Waals surface area contributed by atoms with E-state index in [1.54, 1.807) is 0 Å². The Morgan fingerprint density at radius 2 is 2.29 bits per heavy atom. The van der Waals surface area contributed by atoms with E-state index in [-0.39, 0.29) is 0 Å². The third-order valence-electron chi connectivity index (χ3n) is 3.39. The van der Waals surface area contributed by atoms with Crippen LogP contribution in [0.5, 0.6) is 0 Å². The molecule has 3 nitrogen and oxygen atoms in total. The molecule has 4 heteroatoms. The first-order chi connectivity index (χ1) is 8.18. The molecular formula is C13H19N3S. The molecule has 0 aliphatic carbocycles. The summed E-state index contributed by atoms with van der Waals surface area (Å²) in [5, 5.41) is 3.46. The molecule has 0 spiro atoms. The van der Waals surface area contributed by atoms with E-state index in [1.165, 1.54) is 19.4 Å². The van der Waals surface area contributed by atoms with E-state index in [4.69, 9.17) is 18.0 Å². The summed E-state index contributed by atoms with van der Waals surface area (Å²) in [6.45, 7) is 2.15. The Morgan fingerprint density at radius 3 is 2.94 bits per heavy atom. The van der Waals surface area contributed by atoms with Gasteiger partial charge in [-0.1, -0.05) is 24.4 Å². The van der Waals surface area contributed by atoms with E-state index in [1.807, 2.05) is 24.3 Å². The fraction of sp³-hybridized carbons (Fsp3) is 0.462. The van der Waals surface area contributed by atoms with Crippen LogP contribution in [0.3, 0.4) is 0 Å². The molecule has 0 bridgehead atoms. The monoisotopic (exact) mass is 249 g/mol. The Bertz CT molecular complexity index is 405. The summed E-state index contributed by atoms with van der Waals surface area (Å²) in [7, 11) is 2.18. The van der Waals surface area contributed by atoms with E-state index in [9.17, 15) is 0 Å². The minimum Gasteiger partial charge on any atom is -0.389 e. The van der Waals surface area contributed by atoms with Crippen molar-refractivity contribution in [2.24, 2.45) is 5.73 Å². The number of nitrogens with one attached hydrogen (secondary N) is 1. The summed E-state index contributed by atoms with van der Waals surface area (Å²) < 4.78 is 0. The van der Waals surface area contributed by atoms with Crippen LogP contribution in [0, 0.1) is 0 Å². The number of hydrogen-bond donors (Lipinski definition) is 2. The molecule has 92 valence electrons. The van der Waals surface area contributed by atoms with Gasteiger partial charge in [0.05, 0.1) is 0 Å². The van der Waals surface area contributed by atoms with Gasteiger partial charge in [-0.3, -0.25) is 0 Å². The number of para-hydroxylation sites is 1. The first-order valence-corrected chi connectivity index (χ1v) is 6.42. The predicted molar refractivity (Wildman–Crippen MR) is 76.5 cm³/mol. The molecule has 1 saturated heterocycles. The Kier molecular flexibility index (Phi) is 3.97. The molecule has 1 aliphatic rings. The van der Waals surface area contributed by atoms with Crippen LogP contribution in [0.2, 0.25) is 0 Å². The smallest absolute Gasteiger partial charge is 0.106 e. The van der Waals surface area contributed by atoms with Gasteiger partial charge in [0, 0.05) is 23.8 Å². The lowest BCUT2D eigenvalue weighted by molar-refractivity contribution is 0.322. The molecule has 1 aromatic rings. The van der Waals surface area contributed by atoms with Gasteiger partial charge in [0.2, 0.25) is 0 Å². The standard InChI is InChI=1S/C13H19N3S/c1-16-8-4-5-10(16)9-15-12-7-3-2-6-11(12)13(14)17/h2-3,6-7,10,15H,4-5,8-9H2,1H3,(H2,14,17). The summed E-state index contributed by atoms with van der Waals surface area (Å²) in [4.78, 5) is 2.85. The highest BCUT2D eigenvalue weighted by molar-refractivity contribution is 7.80. The number of thiocarbonyl (C=S) groups is 1. The molecule has 3 N–H and O–H groups in total. The highest BCUT2D eigenvalue weighted by Crippen LogP contribution is 2.18. The van der Waals surface area contributed by atoms with Crippen LogP contribution < -0.4 is 11.1 Å². The second kappa shape index (κ2) is 5.47. The number of likely N-dealkylation sites (tertiary alicyclic amines) is 1. The SMILES string of the molecule is CN1CCCC1CNc1ccccc1C(N)=S. The van der Waals surface area contributed by atoms with Gasteiger partial charge in [-0.2, -0.15) is 0 Å². The lowest BCUT2D eigenvalue weighted by atomic mass is 10.1. The largest absolute Gasteiger partial charge is 0.389 e. The molecule has 1 aromatic carbocycles. The van der Waals surface area contributed by atoms with Crippen LogP contribution in [-0.4, -0.2) is 36.1 Å². The van der Waals surface area contributed by atoms with Crippen molar-refractivity contribution < 1.29 is 0 Å². The Hall–Kier alpha value is -1.13. The van der Waals surface area contributed by atoms with Gasteiger partial charge in [-0.05, 0) is 38.6 Å². The molecule has 2 rings (SSSR count). The molecule has 1 unspecified atom stereocenters. The van der Waals surface area contributed by atoms with Crippen molar-refractivity contribution in [3.63, 3.8) is 0 Å². The Balaban J connectivity index is 2.01. The Morgan fingerprint density at radius 1 is 1.53 bits per heavy atom. The number of nitrogens with two attached hydrogens (primary N) is 1. The summed E-state index contributed by atoms with van der Waals surface area (Å²) in [5.74, 6) is 0. The van der Waals surface area contributed by atoms with Gasteiger partial charge in [0.15, 0.2) is 0 Å². The quantitative estimate of drug-likeness (QED) is 0.799. The molecule has 0 amide bonds. The van der Waals surface area contributed by atoms with Gasteiger partial charge in [0.25, 0.3) is 0 Å². The molecule has 1 atom stereocenters. The lowest BCUT2D eigenvalue weighted by Crippen LogP contribution is -2.32. The first kappa shape index (κ1) is 12.3. The maximum absolute atomic E-state index is 5.71. The normalized spacial score (nSPS) is 20.4. The van der Waals surface area contributed by atoms with Crippen LogP contribution >= 0.6 is 12.2 Å². The molecule has 1 heterocycles. The topological polar surface area (TPSA) is 41.3 Å². The zero-order valence-electron chi connectivity index (χ0n) is 10.1. The Labute approximate surface area is 108 Å². The summed E-state index contributed by atoms with van der Waals surface area (Å²) in [6.07, 6.45) is 2.55. The fourth-order valence-electron chi connectivity index (χ4n) is 2.32. The highest BCUT2D eigenvalue weighted by Gasteiger charge is 2.20. The second-order valence-electron chi connectivity index (χ2n) is 4.57. The van der Waals surface area contributed by atoms with Crippen molar-refractivity contribution in [3.05, 3.63) is 29.8 Å². The van der Waals surface area contributed by atoms with Gasteiger partial charge >= 0.3 is 0 Å². The van der Waals surface area contributed by atoms with Crippen molar-refractivity contribution >= 4 is 22.9 Å². The van der Waals surface area contributed by atoms with Crippen LogP contribution in [0.1, 0.15) is 18.4 Å². The average molecular weight is 249 g/mol. The van der Waals surface area contributed by atoms with E-state index in [0.29, 0.717) is 11.0 Å². The number of anilines is 1. The minimum atomic E-state index is 0.452. The molecule has 0 aromatic heterocycles. The summed E-state index contributed by atoms with van der Waals surface area (Å²) >= 11 is 5.05. The number of benzene rings is 1. The fourth-order valence-corrected chi connectivity index (χ4v) is 2.50. The van der Waals surface area contributed by atoms with Gasteiger partial charge in [-0.15, -0.1) is 0 Å². The number of nitrogens with zero attached hydrogens (tertiary/aromatic N) is 1. The van der Waals surface area contributed by atoms with Gasteiger partial charge in [0.1, 0.15) is 4.99 Å². The first-order valence-electron chi connectivity index (χ1n) is 6.01. The van der Waals surface area contributed by atoms with Crippen LogP contribution in [0.25, 0.3) is 0 Å². The van der Waals surface area contributed by atoms with Crippen molar-refractivity contribution in [1.82, 2.24) is 4.90 Å². The molecule has 1 aliphatic heterocycles. The van der Waals surface area contributed by atoms with E-state index >= 15 is 0 Å². The van der Waals surface area contributed by atoms with Crippen LogP contribution in [0.15, 0.2) is 24.3 Å². The molecule has 0 radical (unpaired) electrons. The summed E-state index contributed by atoms with van der Waals surface area (Å²) in [5.41, 5.74) is 7.68. The molecule has 17 heavy (non-hydrogen) atoms. The number of rotatable bonds is 4. The number of hydrogen-bond acceptors (Lipinski definition) is 3. The third-order valence-corrected chi connectivity index (χ3v) is 3.61. The predicted octanol–water partition coefficient (Wildman–Crippen LogP) is 1.83. The van der Waals surface area contributed by atoms with E-state index < -0.39 is 0 Å². The van der Waals surface area contributed by atoms with Crippen molar-refractivity contribution in [2.75, 3.05) is 25.5 Å².